The largest absolute Gasteiger partial charge is 0.454 e. The van der Waals surface area contributed by atoms with Crippen molar-refractivity contribution >= 4 is 17.6 Å². The minimum Gasteiger partial charge on any atom is -0.454 e. The molecular weight excluding hydrogens is 408 g/mol. The molecule has 7 nitrogen and oxygen atoms in total. The van der Waals surface area contributed by atoms with Gasteiger partial charge in [0.1, 0.15) is 6.04 Å². The van der Waals surface area contributed by atoms with Gasteiger partial charge in [0.15, 0.2) is 17.3 Å². The predicted molar refractivity (Wildman–Crippen MR) is 114 cm³/mol. The van der Waals surface area contributed by atoms with Crippen LogP contribution in [0.1, 0.15) is 30.0 Å². The Morgan fingerprint density at radius 1 is 1.12 bits per heavy atom. The number of carbonyl (C=O) groups is 3. The van der Waals surface area contributed by atoms with Crippen LogP contribution < -0.4 is 9.47 Å². The number of allylic oxidation sites excluding steroid dienone is 1. The fourth-order valence-corrected chi connectivity index (χ4v) is 5.79. The van der Waals surface area contributed by atoms with Crippen molar-refractivity contribution in [2.24, 2.45) is 0 Å². The van der Waals surface area contributed by atoms with Gasteiger partial charge in [0.2, 0.25) is 18.6 Å². The Morgan fingerprint density at radius 2 is 1.88 bits per heavy atom. The van der Waals surface area contributed by atoms with Crippen LogP contribution in [-0.2, 0) is 32.9 Å². The molecule has 0 N–H and O–H groups in total. The summed E-state index contributed by atoms with van der Waals surface area (Å²) in [5.74, 6) is 0.953. The number of amides is 2. The maximum Gasteiger partial charge on any atom is 0.247 e. The Morgan fingerprint density at radius 3 is 2.62 bits per heavy atom. The minimum absolute atomic E-state index is 0.0191. The lowest BCUT2D eigenvalue weighted by Crippen LogP contribution is -2.58. The van der Waals surface area contributed by atoms with Crippen LogP contribution in [-0.4, -0.2) is 46.3 Å². The van der Waals surface area contributed by atoms with Crippen LogP contribution in [0.5, 0.6) is 11.5 Å². The normalized spacial score (nSPS) is 27.3. The van der Waals surface area contributed by atoms with Gasteiger partial charge in [0.05, 0.1) is 11.5 Å². The molecule has 0 unspecified atom stereocenters. The van der Waals surface area contributed by atoms with Gasteiger partial charge in [0, 0.05) is 26.4 Å². The van der Waals surface area contributed by atoms with Gasteiger partial charge in [0.25, 0.3) is 0 Å². The summed E-state index contributed by atoms with van der Waals surface area (Å²) >= 11 is 0. The molecule has 3 heterocycles. The van der Waals surface area contributed by atoms with E-state index in [9.17, 15) is 14.4 Å². The molecule has 32 heavy (non-hydrogen) atoms. The van der Waals surface area contributed by atoms with Gasteiger partial charge in [-0.25, -0.2) is 0 Å². The number of hydrogen-bond acceptors (Lipinski definition) is 5. The second-order valence-corrected chi connectivity index (χ2v) is 8.82. The van der Waals surface area contributed by atoms with E-state index in [1.165, 1.54) is 6.92 Å². The third-order valence-electron chi connectivity index (χ3n) is 7.15. The zero-order valence-corrected chi connectivity index (χ0v) is 17.6. The van der Waals surface area contributed by atoms with Gasteiger partial charge in [-0.15, -0.1) is 0 Å². The van der Waals surface area contributed by atoms with Gasteiger partial charge >= 0.3 is 0 Å². The lowest BCUT2D eigenvalue weighted by molar-refractivity contribution is -0.143. The maximum absolute atomic E-state index is 13.9. The Labute approximate surface area is 185 Å². The van der Waals surface area contributed by atoms with Crippen molar-refractivity contribution in [3.8, 4) is 11.5 Å². The van der Waals surface area contributed by atoms with Gasteiger partial charge in [-0.05, 0) is 34.9 Å². The van der Waals surface area contributed by atoms with Gasteiger partial charge in [-0.3, -0.25) is 14.4 Å². The molecule has 2 amide bonds. The molecule has 0 saturated carbocycles. The van der Waals surface area contributed by atoms with E-state index in [0.29, 0.717) is 24.6 Å². The third-order valence-corrected chi connectivity index (χ3v) is 7.15. The number of rotatable bonds is 2. The molecule has 0 bridgehead atoms. The molecule has 162 valence electrons. The Balaban J connectivity index is 1.57. The predicted octanol–water partition coefficient (Wildman–Crippen LogP) is 2.32. The summed E-state index contributed by atoms with van der Waals surface area (Å²) in [6.07, 6.45) is 3.64. The lowest BCUT2D eigenvalue weighted by Gasteiger charge is -2.47. The van der Waals surface area contributed by atoms with Crippen LogP contribution in [0.15, 0.2) is 54.6 Å². The highest BCUT2D eigenvalue weighted by Crippen LogP contribution is 2.54. The summed E-state index contributed by atoms with van der Waals surface area (Å²) < 4.78 is 11.2. The molecule has 1 saturated heterocycles. The average Bonchev–Trinajstić information content (AvgIpc) is 3.34. The molecule has 4 aliphatic rings. The first-order valence-corrected chi connectivity index (χ1v) is 10.8. The molecule has 3 atom stereocenters. The Kier molecular flexibility index (Phi) is 4.00. The topological polar surface area (TPSA) is 76.2 Å². The van der Waals surface area contributed by atoms with E-state index in [1.54, 1.807) is 15.9 Å². The highest BCUT2D eigenvalue weighted by Gasteiger charge is 2.64. The summed E-state index contributed by atoms with van der Waals surface area (Å²) in [5.41, 5.74) is 2.01. The van der Waals surface area contributed by atoms with Crippen molar-refractivity contribution < 1.29 is 23.9 Å². The van der Waals surface area contributed by atoms with Crippen LogP contribution in [0.2, 0.25) is 0 Å². The van der Waals surface area contributed by atoms with Crippen LogP contribution >= 0.6 is 0 Å². The summed E-state index contributed by atoms with van der Waals surface area (Å²) in [7, 11) is 0. The first-order chi connectivity index (χ1) is 15.5. The summed E-state index contributed by atoms with van der Waals surface area (Å²) in [4.78, 5) is 42.6. The average molecular weight is 430 g/mol. The fraction of sp³-hybridized carbons (Fsp3) is 0.320. The van der Waals surface area contributed by atoms with Crippen LogP contribution in [0.25, 0.3) is 0 Å². The van der Waals surface area contributed by atoms with E-state index >= 15 is 0 Å². The summed E-state index contributed by atoms with van der Waals surface area (Å²) in [6, 6.07) is 12.5. The van der Waals surface area contributed by atoms with Crippen molar-refractivity contribution in [3.05, 3.63) is 71.3 Å². The SMILES string of the molecule is CC(=O)N1Cc2cc3c(cc2[C@@]24C=CC(=O)C[C@@H]2N(Cc2ccccc2)C(=O)[C@@H]14)OCO3. The molecule has 2 aromatic rings. The smallest absolute Gasteiger partial charge is 0.247 e. The van der Waals surface area contributed by atoms with Crippen molar-refractivity contribution in [3.63, 3.8) is 0 Å². The number of ether oxygens (including phenoxy) is 2. The van der Waals surface area contributed by atoms with Gasteiger partial charge in [-0.2, -0.15) is 0 Å². The number of ketones is 1. The van der Waals surface area contributed by atoms with Crippen molar-refractivity contribution in [2.45, 2.75) is 43.9 Å². The molecular formula is C25H22N2O5. The zero-order chi connectivity index (χ0) is 22.0. The maximum atomic E-state index is 13.9. The molecule has 1 aliphatic carbocycles. The van der Waals surface area contributed by atoms with E-state index in [-0.39, 0.29) is 36.9 Å². The molecule has 2 aromatic carbocycles. The number of carbonyl (C=O) groups excluding carboxylic acids is 3. The number of likely N-dealkylation sites (tertiary alicyclic amines) is 1. The van der Waals surface area contributed by atoms with E-state index in [1.807, 2.05) is 48.5 Å². The fourth-order valence-electron chi connectivity index (χ4n) is 5.79. The van der Waals surface area contributed by atoms with Crippen molar-refractivity contribution in [1.82, 2.24) is 9.80 Å². The molecule has 7 heteroatoms. The molecule has 0 aromatic heterocycles. The van der Waals surface area contributed by atoms with Gasteiger partial charge in [-0.1, -0.05) is 36.4 Å². The number of nitrogens with zero attached hydrogens (tertiary/aromatic N) is 2. The summed E-state index contributed by atoms with van der Waals surface area (Å²) in [6.45, 7) is 2.33. The second kappa shape index (κ2) is 6.69. The molecule has 0 radical (unpaired) electrons. The van der Waals surface area contributed by atoms with Crippen LogP contribution in [0.3, 0.4) is 0 Å². The number of benzene rings is 2. The zero-order valence-electron chi connectivity index (χ0n) is 17.6. The Bertz CT molecular complexity index is 1190. The van der Waals surface area contributed by atoms with Crippen molar-refractivity contribution in [1.29, 1.82) is 0 Å². The lowest BCUT2D eigenvalue weighted by atomic mass is 9.63. The second-order valence-electron chi connectivity index (χ2n) is 8.82. The number of fused-ring (bicyclic) bond motifs is 2. The van der Waals surface area contributed by atoms with Crippen LogP contribution in [0, 0.1) is 0 Å². The van der Waals surface area contributed by atoms with E-state index in [2.05, 4.69) is 0 Å². The van der Waals surface area contributed by atoms with Crippen molar-refractivity contribution in [2.75, 3.05) is 6.79 Å². The molecule has 1 fully saturated rings. The standard InChI is InChI=1S/C25H22N2O5/c1-15(28)26-13-17-9-20-21(32-14-31-20)11-19(17)25-8-7-18(29)10-22(25)27(24(30)23(25)26)12-16-5-3-2-4-6-16/h2-9,11,22-23H,10,12-14H2,1H3/t22-,23+,25-/m0/s1. The monoisotopic (exact) mass is 430 g/mol. The minimum atomic E-state index is -0.819. The number of hydrogen-bond donors (Lipinski definition) is 0. The third kappa shape index (κ3) is 2.51. The first-order valence-electron chi connectivity index (χ1n) is 10.8. The van der Waals surface area contributed by atoms with E-state index < -0.39 is 11.5 Å². The first kappa shape index (κ1) is 19.1. The van der Waals surface area contributed by atoms with E-state index in [4.69, 9.17) is 9.47 Å². The van der Waals surface area contributed by atoms with E-state index in [0.717, 1.165) is 16.7 Å². The molecule has 6 rings (SSSR count). The van der Waals surface area contributed by atoms with Crippen LogP contribution in [0.4, 0.5) is 0 Å². The molecule has 3 aliphatic heterocycles. The summed E-state index contributed by atoms with van der Waals surface area (Å²) in [5, 5.41) is 0. The van der Waals surface area contributed by atoms with Gasteiger partial charge < -0.3 is 19.3 Å². The quantitative estimate of drug-likeness (QED) is 0.731. The Hall–Kier alpha value is -3.61. The highest BCUT2D eigenvalue weighted by molar-refractivity contribution is 5.99. The highest BCUT2D eigenvalue weighted by atomic mass is 16.7. The molecule has 1 spiro atoms.